The lowest BCUT2D eigenvalue weighted by Gasteiger charge is -2.10. The van der Waals surface area contributed by atoms with Gasteiger partial charge in [-0.25, -0.2) is 0 Å². The molecule has 4 heteroatoms. The Hall–Kier alpha value is -3.60. The van der Waals surface area contributed by atoms with Crippen LogP contribution in [0.5, 0.6) is 11.5 Å². The smallest absolute Gasteiger partial charge is 0.121 e. The first-order valence-electron chi connectivity index (χ1n) is 13.4. The second-order valence-corrected chi connectivity index (χ2v) is 10.9. The Kier molecular flexibility index (Phi) is 7.04. The van der Waals surface area contributed by atoms with Gasteiger partial charge in [0.05, 0.1) is 12.2 Å². The number of aliphatic hydroxyl groups is 2. The number of aryl methyl sites for hydroxylation is 6. The number of phenolic OH excluding ortho intramolecular Hbond substituents is 2. The monoisotopic (exact) mass is 508 g/mol. The van der Waals surface area contributed by atoms with Gasteiger partial charge >= 0.3 is 0 Å². The van der Waals surface area contributed by atoms with Gasteiger partial charge in [0.15, 0.2) is 0 Å². The minimum Gasteiger partial charge on any atom is -0.507 e. The van der Waals surface area contributed by atoms with Crippen molar-refractivity contribution in [3.63, 3.8) is 0 Å². The molecule has 0 aromatic heterocycles. The number of fused-ring (bicyclic) bond motifs is 2. The van der Waals surface area contributed by atoms with Gasteiger partial charge in [-0.05, 0) is 144 Å². The third-order valence-corrected chi connectivity index (χ3v) is 8.03. The van der Waals surface area contributed by atoms with Crippen molar-refractivity contribution in [2.24, 2.45) is 0 Å². The predicted molar refractivity (Wildman–Crippen MR) is 153 cm³/mol. The number of benzene rings is 4. The molecule has 2 atom stereocenters. The SMILES string of the molecule is Cc1cc(-c2ccc3c(c2)CC[C@@H]3O)cc(C)c1O.Cc1cc(-c2ccc3c(c2)CC[C@H]3O)cc(C)c1O. The average molecular weight is 509 g/mol. The summed E-state index contributed by atoms with van der Waals surface area (Å²) in [6.07, 6.45) is 2.94. The lowest BCUT2D eigenvalue weighted by Crippen LogP contribution is -1.91. The molecule has 2 aliphatic rings. The normalized spacial score (nSPS) is 17.5. The molecule has 0 aliphatic heterocycles. The number of hydrogen-bond donors (Lipinski definition) is 4. The molecule has 6 rings (SSSR count). The highest BCUT2D eigenvalue weighted by Crippen LogP contribution is 2.37. The molecule has 4 N–H and O–H groups in total. The number of rotatable bonds is 2. The van der Waals surface area contributed by atoms with Gasteiger partial charge in [-0.1, -0.05) is 36.4 Å². The van der Waals surface area contributed by atoms with E-state index in [1.807, 2.05) is 64.1 Å². The van der Waals surface area contributed by atoms with Crippen LogP contribution in [0.1, 0.15) is 69.6 Å². The second kappa shape index (κ2) is 10.3. The van der Waals surface area contributed by atoms with Crippen LogP contribution in [0.15, 0.2) is 60.7 Å². The molecule has 4 nitrogen and oxygen atoms in total. The maximum Gasteiger partial charge on any atom is 0.121 e. The van der Waals surface area contributed by atoms with Crippen LogP contribution in [0.3, 0.4) is 0 Å². The van der Waals surface area contributed by atoms with Crippen molar-refractivity contribution in [3.8, 4) is 33.8 Å². The van der Waals surface area contributed by atoms with Crippen LogP contribution in [0.4, 0.5) is 0 Å². The molecule has 0 heterocycles. The minimum atomic E-state index is -0.299. The summed E-state index contributed by atoms with van der Waals surface area (Å²) < 4.78 is 0. The summed E-state index contributed by atoms with van der Waals surface area (Å²) in [4.78, 5) is 0. The predicted octanol–water partition coefficient (Wildman–Crippen LogP) is 7.31. The highest BCUT2D eigenvalue weighted by Gasteiger charge is 2.21. The van der Waals surface area contributed by atoms with Crippen molar-refractivity contribution in [1.82, 2.24) is 0 Å². The Morgan fingerprint density at radius 3 is 1.18 bits per heavy atom. The zero-order valence-electron chi connectivity index (χ0n) is 22.5. The first-order chi connectivity index (χ1) is 18.1. The summed E-state index contributed by atoms with van der Waals surface area (Å²) in [5.74, 6) is 0.751. The molecule has 0 amide bonds. The van der Waals surface area contributed by atoms with E-state index in [0.717, 1.165) is 81.3 Å². The summed E-state index contributed by atoms with van der Waals surface area (Å²) in [6, 6.07) is 20.5. The fourth-order valence-corrected chi connectivity index (χ4v) is 5.79. The molecular formula is C34H36O4. The molecule has 0 saturated carbocycles. The van der Waals surface area contributed by atoms with Crippen LogP contribution >= 0.6 is 0 Å². The maximum absolute atomic E-state index is 9.83. The van der Waals surface area contributed by atoms with E-state index in [4.69, 9.17) is 0 Å². The second-order valence-electron chi connectivity index (χ2n) is 10.9. The van der Waals surface area contributed by atoms with Crippen LogP contribution in [-0.4, -0.2) is 20.4 Å². The fourth-order valence-electron chi connectivity index (χ4n) is 5.79. The Balaban J connectivity index is 0.000000155. The van der Waals surface area contributed by atoms with Gasteiger partial charge in [-0.3, -0.25) is 0 Å². The van der Waals surface area contributed by atoms with E-state index in [2.05, 4.69) is 24.3 Å². The van der Waals surface area contributed by atoms with Crippen molar-refractivity contribution < 1.29 is 20.4 Å². The van der Waals surface area contributed by atoms with Gasteiger partial charge in [-0.2, -0.15) is 0 Å². The van der Waals surface area contributed by atoms with Crippen LogP contribution in [0.25, 0.3) is 22.3 Å². The zero-order valence-corrected chi connectivity index (χ0v) is 22.5. The van der Waals surface area contributed by atoms with Gasteiger partial charge in [0.2, 0.25) is 0 Å². The number of phenols is 2. The summed E-state index contributed by atoms with van der Waals surface area (Å²) in [7, 11) is 0. The number of aliphatic hydroxyl groups excluding tert-OH is 2. The third-order valence-electron chi connectivity index (χ3n) is 8.03. The maximum atomic E-state index is 9.83. The molecule has 196 valence electrons. The summed E-state index contributed by atoms with van der Waals surface area (Å²) in [5.41, 5.74) is 12.8. The molecule has 0 saturated heterocycles. The zero-order chi connectivity index (χ0) is 27.1. The van der Waals surface area contributed by atoms with Gasteiger partial charge in [-0.15, -0.1) is 0 Å². The molecule has 38 heavy (non-hydrogen) atoms. The molecule has 0 radical (unpaired) electrons. The van der Waals surface area contributed by atoms with Crippen LogP contribution < -0.4 is 0 Å². The summed E-state index contributed by atoms with van der Waals surface area (Å²) >= 11 is 0. The number of hydrogen-bond acceptors (Lipinski definition) is 4. The lowest BCUT2D eigenvalue weighted by atomic mass is 9.97. The molecule has 4 aromatic carbocycles. The van der Waals surface area contributed by atoms with E-state index < -0.39 is 0 Å². The summed E-state index contributed by atoms with van der Waals surface area (Å²) in [6.45, 7) is 7.68. The summed E-state index contributed by atoms with van der Waals surface area (Å²) in [5, 5.41) is 39.3. The largest absolute Gasteiger partial charge is 0.507 e. The number of aromatic hydroxyl groups is 2. The topological polar surface area (TPSA) is 80.9 Å². The van der Waals surface area contributed by atoms with Crippen LogP contribution in [0, 0.1) is 27.7 Å². The quantitative estimate of drug-likeness (QED) is 0.229. The van der Waals surface area contributed by atoms with Crippen molar-refractivity contribution in [2.75, 3.05) is 0 Å². The molecule has 2 aliphatic carbocycles. The van der Waals surface area contributed by atoms with Crippen LogP contribution in [0.2, 0.25) is 0 Å². The Morgan fingerprint density at radius 1 is 0.500 bits per heavy atom. The molecule has 0 unspecified atom stereocenters. The highest BCUT2D eigenvalue weighted by atomic mass is 16.3. The molecule has 0 fully saturated rings. The Labute approximate surface area is 224 Å². The first kappa shape index (κ1) is 26.0. The van der Waals surface area contributed by atoms with E-state index in [0.29, 0.717) is 11.5 Å². The van der Waals surface area contributed by atoms with Crippen molar-refractivity contribution in [3.05, 3.63) is 105 Å². The van der Waals surface area contributed by atoms with E-state index in [9.17, 15) is 20.4 Å². The van der Waals surface area contributed by atoms with Crippen LogP contribution in [-0.2, 0) is 12.8 Å². The van der Waals surface area contributed by atoms with Crippen molar-refractivity contribution >= 4 is 0 Å². The standard InChI is InChI=1S/2C17H18O2/c2*1-10-7-14(8-11(2)17(10)19)12-3-5-15-13(9-12)4-6-16(15)18/h2*3,5,7-9,16,18-19H,4,6H2,1-2H3/t2*16-/m10/s1. The van der Waals surface area contributed by atoms with Gasteiger partial charge < -0.3 is 20.4 Å². The highest BCUT2D eigenvalue weighted by molar-refractivity contribution is 5.70. The van der Waals surface area contributed by atoms with Crippen molar-refractivity contribution in [2.45, 2.75) is 65.6 Å². The Morgan fingerprint density at radius 2 is 0.842 bits per heavy atom. The van der Waals surface area contributed by atoms with E-state index in [1.165, 1.54) is 11.1 Å². The van der Waals surface area contributed by atoms with Gasteiger partial charge in [0.25, 0.3) is 0 Å². The molecule has 0 spiro atoms. The Bertz CT molecular complexity index is 1360. The first-order valence-corrected chi connectivity index (χ1v) is 13.4. The average Bonchev–Trinajstić information content (AvgIpc) is 3.47. The third kappa shape index (κ3) is 4.94. The van der Waals surface area contributed by atoms with E-state index >= 15 is 0 Å². The lowest BCUT2D eigenvalue weighted by molar-refractivity contribution is 0.179. The van der Waals surface area contributed by atoms with E-state index in [1.54, 1.807) is 0 Å². The van der Waals surface area contributed by atoms with Crippen molar-refractivity contribution in [1.29, 1.82) is 0 Å². The van der Waals surface area contributed by atoms with Gasteiger partial charge in [0, 0.05) is 0 Å². The van der Waals surface area contributed by atoms with E-state index in [-0.39, 0.29) is 12.2 Å². The van der Waals surface area contributed by atoms with Gasteiger partial charge in [0.1, 0.15) is 11.5 Å². The minimum absolute atomic E-state index is 0.299. The molecule has 0 bridgehead atoms. The molecular weight excluding hydrogens is 472 g/mol. The fraction of sp³-hybridized carbons (Fsp3) is 0.294. The molecule has 4 aromatic rings.